The van der Waals surface area contributed by atoms with E-state index < -0.39 is 11.7 Å². The molecule has 144 valence electrons. The van der Waals surface area contributed by atoms with Crippen molar-refractivity contribution in [3.05, 3.63) is 48.5 Å². The molecule has 2 aromatic rings. The minimum Gasteiger partial charge on any atom is -0.491 e. The first-order chi connectivity index (χ1) is 12.7. The molecule has 0 saturated heterocycles. The highest BCUT2D eigenvalue weighted by molar-refractivity contribution is 5.67. The van der Waals surface area contributed by atoms with Crippen LogP contribution in [0.15, 0.2) is 42.7 Å². The predicted octanol–water partition coefficient (Wildman–Crippen LogP) is 4.57. The molecule has 27 heavy (non-hydrogen) atoms. The molecule has 0 unspecified atom stereocenters. The Hall–Kier alpha value is -2.63. The number of rotatable bonds is 6. The largest absolute Gasteiger partial charge is 0.491 e. The van der Waals surface area contributed by atoms with Crippen molar-refractivity contribution in [3.8, 4) is 16.9 Å². The molecule has 1 saturated carbocycles. The molecule has 1 amide bonds. The number of amides is 1. The molecule has 0 atom stereocenters. The number of alkyl carbamates (subject to hydrolysis) is 1. The summed E-state index contributed by atoms with van der Waals surface area (Å²) in [5.74, 6) is 0.337. The first-order valence-electron chi connectivity index (χ1n) is 9.05. The van der Waals surface area contributed by atoms with Crippen molar-refractivity contribution >= 4 is 6.09 Å². The van der Waals surface area contributed by atoms with E-state index in [0.29, 0.717) is 18.9 Å². The Morgan fingerprint density at radius 3 is 2.67 bits per heavy atom. The number of aromatic nitrogens is 1. The van der Waals surface area contributed by atoms with Crippen LogP contribution in [0.4, 0.5) is 9.18 Å². The molecule has 0 spiro atoms. The van der Waals surface area contributed by atoms with Gasteiger partial charge in [0.15, 0.2) is 0 Å². The van der Waals surface area contributed by atoms with Crippen molar-refractivity contribution in [1.82, 2.24) is 10.3 Å². The zero-order valence-corrected chi connectivity index (χ0v) is 15.9. The number of benzene rings is 1. The summed E-state index contributed by atoms with van der Waals surface area (Å²) in [6.07, 6.45) is 4.88. The second-order valence-corrected chi connectivity index (χ2v) is 8.06. The summed E-state index contributed by atoms with van der Waals surface area (Å²) in [6.45, 7) is 6.50. The summed E-state index contributed by atoms with van der Waals surface area (Å²) in [6, 6.07) is 8.22. The van der Waals surface area contributed by atoms with Gasteiger partial charge in [0.2, 0.25) is 0 Å². The van der Waals surface area contributed by atoms with E-state index in [9.17, 15) is 9.18 Å². The van der Waals surface area contributed by atoms with Gasteiger partial charge in [-0.2, -0.15) is 0 Å². The van der Waals surface area contributed by atoms with Crippen LogP contribution < -0.4 is 10.1 Å². The molecule has 1 heterocycles. The molecular weight excluding hydrogens is 347 g/mol. The summed E-state index contributed by atoms with van der Waals surface area (Å²) >= 11 is 0. The van der Waals surface area contributed by atoms with E-state index in [-0.39, 0.29) is 11.2 Å². The average molecular weight is 372 g/mol. The summed E-state index contributed by atoms with van der Waals surface area (Å²) in [7, 11) is 0. The van der Waals surface area contributed by atoms with E-state index in [2.05, 4.69) is 10.3 Å². The number of ether oxygens (including phenoxy) is 2. The molecule has 0 aliphatic heterocycles. The van der Waals surface area contributed by atoms with Crippen LogP contribution in [0.5, 0.6) is 5.75 Å². The third-order valence-corrected chi connectivity index (χ3v) is 4.38. The van der Waals surface area contributed by atoms with Gasteiger partial charge in [-0.05, 0) is 57.4 Å². The number of hydrogen-bond donors (Lipinski definition) is 1. The lowest BCUT2D eigenvalue weighted by atomic mass is 10.1. The van der Waals surface area contributed by atoms with Crippen molar-refractivity contribution in [2.24, 2.45) is 5.41 Å². The number of nitrogens with one attached hydrogen (secondary N) is 1. The van der Waals surface area contributed by atoms with Crippen LogP contribution in [-0.2, 0) is 4.74 Å². The third kappa shape index (κ3) is 5.67. The van der Waals surface area contributed by atoms with Gasteiger partial charge in [-0.3, -0.25) is 4.98 Å². The molecular formula is C21H25FN2O3. The maximum Gasteiger partial charge on any atom is 0.407 e. The summed E-state index contributed by atoms with van der Waals surface area (Å²) < 4.78 is 24.6. The van der Waals surface area contributed by atoms with Crippen molar-refractivity contribution in [3.63, 3.8) is 0 Å². The van der Waals surface area contributed by atoms with Gasteiger partial charge >= 0.3 is 6.09 Å². The van der Waals surface area contributed by atoms with Crippen molar-refractivity contribution in [1.29, 1.82) is 0 Å². The Bertz CT molecular complexity index is 813. The first kappa shape index (κ1) is 19.1. The molecule has 0 radical (unpaired) electrons. The van der Waals surface area contributed by atoms with Crippen LogP contribution >= 0.6 is 0 Å². The number of halogens is 1. The Balaban J connectivity index is 1.55. The second-order valence-electron chi connectivity index (χ2n) is 8.06. The normalized spacial score (nSPS) is 15.1. The standard InChI is InChI=1S/C21H25FN2O3/c1-20(2,3)27-19(25)24-13-21(7-8-21)14-26-18-10-16(11-23-12-18)15-5-4-6-17(22)9-15/h4-6,9-12H,7-8,13-14H2,1-3H3,(H,24,25). The minimum absolute atomic E-state index is 0.0637. The first-order valence-corrected chi connectivity index (χ1v) is 9.05. The fourth-order valence-corrected chi connectivity index (χ4v) is 2.68. The quantitative estimate of drug-likeness (QED) is 0.807. The lowest BCUT2D eigenvalue weighted by Gasteiger charge is -2.22. The lowest BCUT2D eigenvalue weighted by molar-refractivity contribution is 0.0509. The highest BCUT2D eigenvalue weighted by Crippen LogP contribution is 2.45. The fourth-order valence-electron chi connectivity index (χ4n) is 2.68. The molecule has 1 aliphatic carbocycles. The Labute approximate surface area is 158 Å². The Morgan fingerprint density at radius 1 is 1.22 bits per heavy atom. The minimum atomic E-state index is -0.514. The third-order valence-electron chi connectivity index (χ3n) is 4.38. The lowest BCUT2D eigenvalue weighted by Crippen LogP contribution is -2.37. The number of nitrogens with zero attached hydrogens (tertiary/aromatic N) is 1. The topological polar surface area (TPSA) is 60.5 Å². The highest BCUT2D eigenvalue weighted by Gasteiger charge is 2.44. The SMILES string of the molecule is CC(C)(C)OC(=O)NCC1(COc2cncc(-c3cccc(F)c3)c2)CC1. The molecule has 1 fully saturated rings. The maximum atomic E-state index is 13.4. The van der Waals surface area contributed by atoms with E-state index in [1.807, 2.05) is 32.9 Å². The zero-order valence-electron chi connectivity index (χ0n) is 15.9. The van der Waals surface area contributed by atoms with Gasteiger partial charge in [-0.15, -0.1) is 0 Å². The van der Waals surface area contributed by atoms with Crippen LogP contribution in [0.3, 0.4) is 0 Å². The molecule has 1 aromatic carbocycles. The number of carbonyl (C=O) groups excluding carboxylic acids is 1. The van der Waals surface area contributed by atoms with Crippen LogP contribution in [0.25, 0.3) is 11.1 Å². The van der Waals surface area contributed by atoms with Gasteiger partial charge in [0, 0.05) is 23.7 Å². The van der Waals surface area contributed by atoms with Gasteiger partial charge in [-0.1, -0.05) is 12.1 Å². The van der Waals surface area contributed by atoms with Gasteiger partial charge in [0.1, 0.15) is 17.2 Å². The zero-order chi connectivity index (χ0) is 19.5. The summed E-state index contributed by atoms with van der Waals surface area (Å²) in [5.41, 5.74) is 0.968. The van der Waals surface area contributed by atoms with Crippen LogP contribution in [0, 0.1) is 11.2 Å². The average Bonchev–Trinajstić information content (AvgIpc) is 3.38. The molecule has 5 nitrogen and oxygen atoms in total. The van der Waals surface area contributed by atoms with Gasteiger partial charge in [0.25, 0.3) is 0 Å². The van der Waals surface area contributed by atoms with Gasteiger partial charge in [-0.25, -0.2) is 9.18 Å². The maximum absolute atomic E-state index is 13.4. The van der Waals surface area contributed by atoms with Crippen molar-refractivity contribution in [2.75, 3.05) is 13.2 Å². The van der Waals surface area contributed by atoms with E-state index in [1.54, 1.807) is 18.5 Å². The number of hydrogen-bond acceptors (Lipinski definition) is 4. The summed E-state index contributed by atoms with van der Waals surface area (Å²) in [5, 5.41) is 2.82. The van der Waals surface area contributed by atoms with E-state index >= 15 is 0 Å². The van der Waals surface area contributed by atoms with Crippen LogP contribution in [0.1, 0.15) is 33.6 Å². The molecule has 3 rings (SSSR count). The van der Waals surface area contributed by atoms with Crippen LogP contribution in [0.2, 0.25) is 0 Å². The second kappa shape index (κ2) is 7.55. The van der Waals surface area contributed by atoms with Crippen molar-refractivity contribution < 1.29 is 18.7 Å². The fraction of sp³-hybridized carbons (Fsp3) is 0.429. The molecule has 1 N–H and O–H groups in total. The smallest absolute Gasteiger partial charge is 0.407 e. The molecule has 1 aliphatic rings. The molecule has 6 heteroatoms. The van der Waals surface area contributed by atoms with E-state index in [4.69, 9.17) is 9.47 Å². The van der Waals surface area contributed by atoms with Gasteiger partial charge in [0.05, 0.1) is 12.8 Å². The van der Waals surface area contributed by atoms with Crippen LogP contribution in [-0.4, -0.2) is 29.8 Å². The number of pyridine rings is 1. The molecule has 0 bridgehead atoms. The number of carbonyl (C=O) groups is 1. The summed E-state index contributed by atoms with van der Waals surface area (Å²) in [4.78, 5) is 16.0. The van der Waals surface area contributed by atoms with E-state index in [1.165, 1.54) is 12.1 Å². The van der Waals surface area contributed by atoms with Crippen molar-refractivity contribution in [2.45, 2.75) is 39.2 Å². The predicted molar refractivity (Wildman–Crippen MR) is 101 cm³/mol. The highest BCUT2D eigenvalue weighted by atomic mass is 19.1. The molecule has 1 aromatic heterocycles. The monoisotopic (exact) mass is 372 g/mol. The van der Waals surface area contributed by atoms with Gasteiger partial charge < -0.3 is 14.8 Å². The Kier molecular flexibility index (Phi) is 5.35. The Morgan fingerprint density at radius 2 is 2.00 bits per heavy atom. The van der Waals surface area contributed by atoms with E-state index in [0.717, 1.165) is 24.0 Å².